The Morgan fingerprint density at radius 2 is 1.96 bits per heavy atom. The smallest absolute Gasteiger partial charge is 0.337 e. The van der Waals surface area contributed by atoms with Crippen LogP contribution in [0.5, 0.6) is 0 Å². The zero-order chi connectivity index (χ0) is 20.7. The van der Waals surface area contributed by atoms with Crippen LogP contribution in [0.15, 0.2) is 34.8 Å². The van der Waals surface area contributed by atoms with E-state index >= 15 is 0 Å². The molecule has 28 heavy (non-hydrogen) atoms. The van der Waals surface area contributed by atoms with Crippen LogP contribution in [-0.2, 0) is 0 Å². The quantitative estimate of drug-likeness (QED) is 0.625. The summed E-state index contributed by atoms with van der Waals surface area (Å²) >= 11 is 13.7. The number of hydrogen-bond donors (Lipinski definition) is 2. The number of aromatic carboxylic acids is 1. The van der Waals surface area contributed by atoms with Crippen LogP contribution in [0.4, 0.5) is 11.5 Å². The highest BCUT2D eigenvalue weighted by Crippen LogP contribution is 2.21. The fraction of sp³-hybridized carbons (Fsp3) is 0.316. The Bertz CT molecular complexity index is 845. The number of thiocarbonyl (C=S) groups is 1. The first-order chi connectivity index (χ1) is 13.3. The van der Waals surface area contributed by atoms with Crippen molar-refractivity contribution in [1.29, 1.82) is 0 Å². The van der Waals surface area contributed by atoms with Gasteiger partial charge in [-0.2, -0.15) is 0 Å². The molecular weight excluding hydrogens is 464 g/mol. The molecule has 1 aromatic carbocycles. The molecule has 0 saturated carbocycles. The SMILES string of the molecule is Cc1nc(N2CCN(C)CC2)ccc1Br.O=C(O)c1ccc(NC=S)cc1Cl. The normalized spacial score (nSPS) is 14.1. The number of hydrogen-bond acceptors (Lipinski definition) is 5. The summed E-state index contributed by atoms with van der Waals surface area (Å²) in [5.74, 6) is 0.0581. The standard InChI is InChI=1S/C11H16BrN3.C8H6ClNO2S/c1-9-10(12)3-4-11(13-9)15-7-5-14(2)6-8-15;9-7-3-5(10-4-13)1-2-6(7)8(11)12/h3-4H,5-8H2,1-2H3;1-4H,(H,10,13)(H,11,12). The first-order valence-electron chi connectivity index (χ1n) is 8.61. The summed E-state index contributed by atoms with van der Waals surface area (Å²) in [6.45, 7) is 6.42. The number of likely N-dealkylation sites (N-methyl/N-ethyl adjacent to an activating group) is 1. The molecule has 0 radical (unpaired) electrons. The third kappa shape index (κ3) is 6.41. The second-order valence-corrected chi connectivity index (χ2v) is 7.79. The Morgan fingerprint density at radius 1 is 1.29 bits per heavy atom. The molecule has 0 bridgehead atoms. The predicted octanol–water partition coefficient (Wildman–Crippen LogP) is 4.31. The van der Waals surface area contributed by atoms with Gasteiger partial charge in [0.25, 0.3) is 0 Å². The van der Waals surface area contributed by atoms with Crippen LogP contribution in [0, 0.1) is 6.92 Å². The van der Waals surface area contributed by atoms with Gasteiger partial charge in [-0.05, 0) is 60.2 Å². The molecule has 0 aliphatic carbocycles. The van der Waals surface area contributed by atoms with E-state index in [-0.39, 0.29) is 10.6 Å². The molecule has 2 aromatic rings. The lowest BCUT2D eigenvalue weighted by Gasteiger charge is -2.33. The summed E-state index contributed by atoms with van der Waals surface area (Å²) in [5, 5.41) is 11.6. The number of rotatable bonds is 4. The Balaban J connectivity index is 0.000000203. The molecule has 0 spiro atoms. The maximum atomic E-state index is 10.6. The third-order valence-corrected chi connectivity index (χ3v) is 5.53. The number of nitrogens with one attached hydrogen (secondary N) is 1. The van der Waals surface area contributed by atoms with E-state index in [4.69, 9.17) is 16.7 Å². The second-order valence-electron chi connectivity index (χ2n) is 6.29. The van der Waals surface area contributed by atoms with E-state index in [2.05, 4.69) is 67.4 Å². The van der Waals surface area contributed by atoms with E-state index in [0.717, 1.165) is 42.2 Å². The predicted molar refractivity (Wildman–Crippen MR) is 122 cm³/mol. The van der Waals surface area contributed by atoms with Crippen molar-refractivity contribution in [3.63, 3.8) is 0 Å². The summed E-state index contributed by atoms with van der Waals surface area (Å²) in [6.07, 6.45) is 0. The zero-order valence-electron chi connectivity index (χ0n) is 15.7. The van der Waals surface area contributed by atoms with Crippen molar-refractivity contribution in [2.24, 2.45) is 0 Å². The molecule has 1 saturated heterocycles. The molecule has 2 N–H and O–H groups in total. The van der Waals surface area contributed by atoms with Crippen LogP contribution < -0.4 is 10.2 Å². The number of benzene rings is 1. The molecule has 150 valence electrons. The molecule has 6 nitrogen and oxygen atoms in total. The van der Waals surface area contributed by atoms with Crippen LogP contribution in [0.3, 0.4) is 0 Å². The minimum Gasteiger partial charge on any atom is -0.478 e. The van der Waals surface area contributed by atoms with Crippen LogP contribution in [0.1, 0.15) is 16.1 Å². The first kappa shape index (κ1) is 22.5. The molecule has 0 amide bonds. The molecule has 2 heterocycles. The molecule has 1 fully saturated rings. The lowest BCUT2D eigenvalue weighted by molar-refractivity contribution is 0.0697. The van der Waals surface area contributed by atoms with Gasteiger partial charge in [-0.15, -0.1) is 0 Å². The Kier molecular flexibility index (Phi) is 8.62. The highest BCUT2D eigenvalue weighted by Gasteiger charge is 2.15. The number of carbonyl (C=O) groups is 1. The van der Waals surface area contributed by atoms with E-state index in [1.165, 1.54) is 17.6 Å². The number of aromatic nitrogens is 1. The third-order valence-electron chi connectivity index (χ3n) is 4.26. The van der Waals surface area contributed by atoms with Gasteiger partial charge in [-0.25, -0.2) is 9.78 Å². The van der Waals surface area contributed by atoms with Crippen LogP contribution in [0.25, 0.3) is 0 Å². The molecule has 3 rings (SSSR count). The topological polar surface area (TPSA) is 68.7 Å². The van der Waals surface area contributed by atoms with E-state index in [9.17, 15) is 4.79 Å². The second kappa shape index (κ2) is 10.7. The van der Waals surface area contributed by atoms with Gasteiger partial charge in [0.1, 0.15) is 5.82 Å². The van der Waals surface area contributed by atoms with Gasteiger partial charge in [0.15, 0.2) is 0 Å². The van der Waals surface area contributed by atoms with Crippen molar-refractivity contribution in [3.8, 4) is 0 Å². The number of nitrogens with zero attached hydrogens (tertiary/aromatic N) is 3. The fourth-order valence-electron chi connectivity index (χ4n) is 2.59. The summed E-state index contributed by atoms with van der Waals surface area (Å²) in [5.41, 5.74) is 3.14. The molecule has 1 aliphatic heterocycles. The van der Waals surface area contributed by atoms with Gasteiger partial charge in [0.2, 0.25) is 0 Å². The molecule has 0 unspecified atom stereocenters. The summed E-state index contributed by atoms with van der Waals surface area (Å²) < 4.78 is 1.08. The van der Waals surface area contributed by atoms with Crippen LogP contribution in [-0.4, -0.2) is 59.7 Å². The van der Waals surface area contributed by atoms with E-state index in [0.29, 0.717) is 5.69 Å². The van der Waals surface area contributed by atoms with E-state index in [1.807, 2.05) is 6.92 Å². The van der Waals surface area contributed by atoms with Crippen molar-refractivity contribution in [1.82, 2.24) is 9.88 Å². The molecule has 0 atom stereocenters. The van der Waals surface area contributed by atoms with Gasteiger partial charge in [-0.3, -0.25) is 0 Å². The van der Waals surface area contributed by atoms with Crippen molar-refractivity contribution in [2.45, 2.75) is 6.92 Å². The van der Waals surface area contributed by atoms with Gasteiger partial charge in [0, 0.05) is 36.3 Å². The number of piperazine rings is 1. The minimum absolute atomic E-state index is 0.0802. The van der Waals surface area contributed by atoms with Crippen LogP contribution >= 0.6 is 39.7 Å². The number of anilines is 2. The number of pyridine rings is 1. The number of carboxylic acids is 1. The summed E-state index contributed by atoms with van der Waals surface area (Å²) in [6, 6.07) is 8.69. The Labute approximate surface area is 183 Å². The lowest BCUT2D eigenvalue weighted by atomic mass is 10.2. The van der Waals surface area contributed by atoms with Crippen LogP contribution in [0.2, 0.25) is 5.02 Å². The molecule has 1 aliphatic rings. The van der Waals surface area contributed by atoms with E-state index in [1.54, 1.807) is 6.07 Å². The fourth-order valence-corrected chi connectivity index (χ4v) is 3.21. The maximum absolute atomic E-state index is 10.6. The average Bonchev–Trinajstić information content (AvgIpc) is 2.65. The van der Waals surface area contributed by atoms with Gasteiger partial charge < -0.3 is 20.2 Å². The summed E-state index contributed by atoms with van der Waals surface area (Å²) in [4.78, 5) is 19.8. The Morgan fingerprint density at radius 3 is 2.50 bits per heavy atom. The monoisotopic (exact) mass is 484 g/mol. The largest absolute Gasteiger partial charge is 0.478 e. The van der Waals surface area contributed by atoms with Crippen molar-refractivity contribution in [2.75, 3.05) is 43.4 Å². The minimum atomic E-state index is -1.04. The lowest BCUT2D eigenvalue weighted by Crippen LogP contribution is -2.44. The van der Waals surface area contributed by atoms with Crippen molar-refractivity contribution in [3.05, 3.63) is 51.1 Å². The van der Waals surface area contributed by atoms with Gasteiger partial charge in [-0.1, -0.05) is 23.8 Å². The highest BCUT2D eigenvalue weighted by atomic mass is 79.9. The molecule has 1 aromatic heterocycles. The number of aryl methyl sites for hydroxylation is 1. The number of carboxylic acid groups (broad SMARTS) is 1. The van der Waals surface area contributed by atoms with Gasteiger partial charge >= 0.3 is 5.97 Å². The summed E-state index contributed by atoms with van der Waals surface area (Å²) in [7, 11) is 2.16. The van der Waals surface area contributed by atoms with E-state index < -0.39 is 5.97 Å². The van der Waals surface area contributed by atoms with Crippen molar-refractivity contribution >= 4 is 62.7 Å². The zero-order valence-corrected chi connectivity index (χ0v) is 18.8. The highest BCUT2D eigenvalue weighted by molar-refractivity contribution is 9.10. The maximum Gasteiger partial charge on any atom is 0.337 e. The number of halogens is 2. The average molecular weight is 486 g/mol. The Hall–Kier alpha value is -1.74. The molecule has 9 heteroatoms. The molecular formula is C19H22BrClN4O2S. The van der Waals surface area contributed by atoms with Crippen molar-refractivity contribution < 1.29 is 9.90 Å². The first-order valence-corrected chi connectivity index (χ1v) is 10.3. The van der Waals surface area contributed by atoms with Gasteiger partial charge in [0.05, 0.1) is 21.8 Å².